The number of halogens is 1. The fraction of sp³-hybridized carbons (Fsp3) is 0.591. The zero-order chi connectivity index (χ0) is 19.0. The predicted octanol–water partition coefficient (Wildman–Crippen LogP) is 5.03. The highest BCUT2D eigenvalue weighted by atomic mass is 79.9. The normalized spacial score (nSPS) is 27.4. The number of hydrogen-bond acceptors (Lipinski definition) is 2. The molecule has 1 heterocycles. The van der Waals surface area contributed by atoms with Gasteiger partial charge in [-0.2, -0.15) is 0 Å². The van der Waals surface area contributed by atoms with Crippen LogP contribution >= 0.6 is 15.9 Å². The Bertz CT molecular complexity index is 737. The zero-order valence-electron chi connectivity index (χ0n) is 16.3. The summed E-state index contributed by atoms with van der Waals surface area (Å²) in [5.74, 6) is 1.70. The minimum atomic E-state index is -0.108. The van der Waals surface area contributed by atoms with Crippen molar-refractivity contribution < 1.29 is 4.79 Å². The Labute approximate surface area is 170 Å². The number of piperidine rings is 1. The van der Waals surface area contributed by atoms with Gasteiger partial charge in [-0.25, -0.2) is 4.79 Å². The molecule has 146 valence electrons. The second-order valence-corrected chi connectivity index (χ2v) is 9.90. The van der Waals surface area contributed by atoms with Crippen LogP contribution in [-0.4, -0.2) is 36.6 Å². The van der Waals surface area contributed by atoms with Gasteiger partial charge in [0.15, 0.2) is 0 Å². The van der Waals surface area contributed by atoms with Gasteiger partial charge in [0.25, 0.3) is 0 Å². The summed E-state index contributed by atoms with van der Waals surface area (Å²) in [5.41, 5.74) is 2.99. The van der Waals surface area contributed by atoms with Crippen molar-refractivity contribution in [3.8, 4) is 0 Å². The van der Waals surface area contributed by atoms with E-state index >= 15 is 0 Å². The molecule has 0 radical (unpaired) electrons. The largest absolute Gasteiger partial charge is 0.335 e. The van der Waals surface area contributed by atoms with E-state index in [2.05, 4.69) is 51.4 Å². The fourth-order valence-corrected chi connectivity index (χ4v) is 5.47. The molecular formula is C22H30BrN3O. The highest BCUT2D eigenvalue weighted by Crippen LogP contribution is 2.59. The van der Waals surface area contributed by atoms with E-state index in [-0.39, 0.29) is 12.1 Å². The molecule has 2 N–H and O–H groups in total. The van der Waals surface area contributed by atoms with Crippen molar-refractivity contribution in [1.82, 2.24) is 10.2 Å². The summed E-state index contributed by atoms with van der Waals surface area (Å²) in [4.78, 5) is 14.8. The fourth-order valence-electron chi connectivity index (χ4n) is 5.07. The smallest absolute Gasteiger partial charge is 0.319 e. The van der Waals surface area contributed by atoms with Crippen molar-refractivity contribution in [3.63, 3.8) is 0 Å². The number of anilines is 1. The zero-order valence-corrected chi connectivity index (χ0v) is 17.9. The summed E-state index contributed by atoms with van der Waals surface area (Å²) in [6.45, 7) is 8.14. The van der Waals surface area contributed by atoms with Gasteiger partial charge in [0.1, 0.15) is 0 Å². The van der Waals surface area contributed by atoms with E-state index in [9.17, 15) is 4.79 Å². The Kier molecular flexibility index (Phi) is 5.34. The van der Waals surface area contributed by atoms with Gasteiger partial charge >= 0.3 is 6.03 Å². The third kappa shape index (κ3) is 4.09. The van der Waals surface area contributed by atoms with Crippen LogP contribution in [0.15, 0.2) is 40.4 Å². The number of nitrogens with one attached hydrogen (secondary N) is 2. The van der Waals surface area contributed by atoms with Crippen molar-refractivity contribution in [2.75, 3.05) is 25.0 Å². The maximum Gasteiger partial charge on any atom is 0.319 e. The number of amides is 2. The van der Waals surface area contributed by atoms with Gasteiger partial charge in [-0.3, -0.25) is 4.90 Å². The lowest BCUT2D eigenvalue weighted by molar-refractivity contribution is -0.0113. The van der Waals surface area contributed by atoms with E-state index in [1.54, 1.807) is 5.57 Å². The third-order valence-corrected chi connectivity index (χ3v) is 7.49. The first-order valence-electron chi connectivity index (χ1n) is 10.2. The molecule has 1 aliphatic heterocycles. The van der Waals surface area contributed by atoms with E-state index in [1.165, 1.54) is 12.8 Å². The first kappa shape index (κ1) is 19.0. The van der Waals surface area contributed by atoms with Crippen LogP contribution in [0.25, 0.3) is 0 Å². The number of allylic oxidation sites excluding steroid dienone is 1. The third-order valence-electron chi connectivity index (χ3n) is 6.99. The molecule has 0 unspecified atom stereocenters. The minimum Gasteiger partial charge on any atom is -0.335 e. The van der Waals surface area contributed by atoms with Crippen molar-refractivity contribution in [2.45, 2.75) is 45.6 Å². The van der Waals surface area contributed by atoms with Crippen LogP contribution in [0.1, 0.15) is 39.5 Å². The number of urea groups is 1. The van der Waals surface area contributed by atoms with Crippen molar-refractivity contribution in [3.05, 3.63) is 40.4 Å². The van der Waals surface area contributed by atoms with Crippen molar-refractivity contribution in [1.29, 1.82) is 0 Å². The second-order valence-electron chi connectivity index (χ2n) is 8.98. The molecule has 1 aromatic rings. The van der Waals surface area contributed by atoms with E-state index < -0.39 is 0 Å². The van der Waals surface area contributed by atoms with E-state index in [0.29, 0.717) is 5.41 Å². The molecule has 1 saturated heterocycles. The molecule has 0 aromatic heterocycles. The lowest BCUT2D eigenvalue weighted by Gasteiger charge is -2.57. The van der Waals surface area contributed by atoms with Gasteiger partial charge < -0.3 is 10.6 Å². The first-order chi connectivity index (χ1) is 12.9. The van der Waals surface area contributed by atoms with Crippen LogP contribution in [0.2, 0.25) is 0 Å². The molecule has 4 nitrogen and oxygen atoms in total. The van der Waals surface area contributed by atoms with E-state index in [0.717, 1.165) is 54.5 Å². The standard InChI is InChI=1S/C22H30BrN3O/c1-22(2)16-7-6-15(20(22)12-16)14-26-10-8-18(9-11-26)24-21(27)25-19-5-3-4-17(23)13-19/h3-6,13,16,18,20H,7-12,14H2,1-2H3,(H2,24,25,27)/t16-,20+/m0/s1. The molecule has 1 saturated carbocycles. The molecule has 2 bridgehead atoms. The number of likely N-dealkylation sites (tertiary alicyclic amines) is 1. The van der Waals surface area contributed by atoms with Crippen LogP contribution < -0.4 is 10.6 Å². The Morgan fingerprint density at radius 2 is 2.07 bits per heavy atom. The summed E-state index contributed by atoms with van der Waals surface area (Å²) >= 11 is 3.43. The number of carbonyl (C=O) groups excluding carboxylic acids is 1. The first-order valence-corrected chi connectivity index (χ1v) is 11.0. The van der Waals surface area contributed by atoms with Gasteiger partial charge in [-0.1, -0.05) is 47.5 Å². The summed E-state index contributed by atoms with van der Waals surface area (Å²) in [6, 6.07) is 7.83. The van der Waals surface area contributed by atoms with Crippen LogP contribution in [0.3, 0.4) is 0 Å². The molecule has 2 atom stereocenters. The quantitative estimate of drug-likeness (QED) is 0.656. The van der Waals surface area contributed by atoms with Gasteiger partial charge in [-0.15, -0.1) is 0 Å². The van der Waals surface area contributed by atoms with Crippen molar-refractivity contribution in [2.24, 2.45) is 17.3 Å². The van der Waals surface area contributed by atoms with Crippen molar-refractivity contribution >= 4 is 27.6 Å². The van der Waals surface area contributed by atoms with Crippen LogP contribution in [0, 0.1) is 17.3 Å². The Morgan fingerprint density at radius 1 is 1.30 bits per heavy atom. The monoisotopic (exact) mass is 431 g/mol. The summed E-state index contributed by atoms with van der Waals surface area (Å²) in [7, 11) is 0. The molecular weight excluding hydrogens is 402 g/mol. The van der Waals surface area contributed by atoms with Gasteiger partial charge in [0.05, 0.1) is 0 Å². The van der Waals surface area contributed by atoms with Gasteiger partial charge in [-0.05, 0) is 61.1 Å². The number of fused-ring (bicyclic) bond motifs is 1. The Hall–Kier alpha value is -1.33. The maximum atomic E-state index is 12.2. The van der Waals surface area contributed by atoms with Crippen LogP contribution in [0.5, 0.6) is 0 Å². The SMILES string of the molecule is CC1(C)[C@H]2CC=C(CN3CCC(NC(=O)Nc4cccc(Br)c4)CC3)[C@H]1C2. The molecule has 2 amide bonds. The summed E-state index contributed by atoms with van der Waals surface area (Å²) in [6.07, 6.45) is 7.23. The molecule has 2 fully saturated rings. The highest BCUT2D eigenvalue weighted by Gasteiger charge is 2.51. The molecule has 5 rings (SSSR count). The number of rotatable bonds is 4. The molecule has 0 spiro atoms. The Morgan fingerprint density at radius 3 is 2.74 bits per heavy atom. The second kappa shape index (κ2) is 7.59. The Balaban J connectivity index is 1.22. The van der Waals surface area contributed by atoms with E-state index in [4.69, 9.17) is 0 Å². The van der Waals surface area contributed by atoms with Gasteiger partial charge in [0.2, 0.25) is 0 Å². The predicted molar refractivity (Wildman–Crippen MR) is 114 cm³/mol. The summed E-state index contributed by atoms with van der Waals surface area (Å²) in [5, 5.41) is 6.06. The average Bonchev–Trinajstić information content (AvgIpc) is 2.63. The molecule has 5 heteroatoms. The molecule has 4 aliphatic rings. The van der Waals surface area contributed by atoms with E-state index in [1.807, 2.05) is 24.3 Å². The number of benzene rings is 1. The highest BCUT2D eigenvalue weighted by molar-refractivity contribution is 9.10. The lowest BCUT2D eigenvalue weighted by atomic mass is 9.49. The minimum absolute atomic E-state index is 0.108. The topological polar surface area (TPSA) is 44.4 Å². The number of carbonyl (C=O) groups is 1. The average molecular weight is 432 g/mol. The van der Waals surface area contributed by atoms with Crippen LogP contribution in [0.4, 0.5) is 10.5 Å². The molecule has 3 aliphatic carbocycles. The van der Waals surface area contributed by atoms with Crippen LogP contribution in [-0.2, 0) is 0 Å². The number of nitrogens with zero attached hydrogens (tertiary/aromatic N) is 1. The van der Waals surface area contributed by atoms with Gasteiger partial charge in [0, 0.05) is 35.8 Å². The lowest BCUT2D eigenvalue weighted by Crippen LogP contribution is -2.51. The number of hydrogen-bond donors (Lipinski definition) is 2. The maximum absolute atomic E-state index is 12.2. The molecule has 27 heavy (non-hydrogen) atoms. The molecule has 1 aromatic carbocycles. The summed E-state index contributed by atoms with van der Waals surface area (Å²) < 4.78 is 0.964.